The number of halogens is 5. The van der Waals surface area contributed by atoms with E-state index in [0.717, 1.165) is 27.2 Å². The highest BCUT2D eigenvalue weighted by Gasteiger charge is 2.35. The van der Waals surface area contributed by atoms with Crippen molar-refractivity contribution in [3.63, 3.8) is 0 Å². The molecule has 0 spiro atoms. The van der Waals surface area contributed by atoms with Crippen LogP contribution in [0.2, 0.25) is 5.02 Å². The van der Waals surface area contributed by atoms with Crippen molar-refractivity contribution in [2.24, 2.45) is 7.05 Å². The van der Waals surface area contributed by atoms with Gasteiger partial charge < -0.3 is 0 Å². The number of hydrogen-bond donors (Lipinski definition) is 1. The number of alkyl halides is 3. The number of rotatable bonds is 5. The van der Waals surface area contributed by atoms with Gasteiger partial charge in [0.05, 0.1) is 12.1 Å². The summed E-state index contributed by atoms with van der Waals surface area (Å²) in [5.41, 5.74) is -5.45. The zero-order valence-corrected chi connectivity index (χ0v) is 17.7. The summed E-state index contributed by atoms with van der Waals surface area (Å²) in [5, 5.41) is -0.338. The van der Waals surface area contributed by atoms with Crippen molar-refractivity contribution in [3.8, 4) is 5.69 Å². The topological polar surface area (TPSA) is 110 Å². The number of carbonyl (C=O) groups is 1. The lowest BCUT2D eigenvalue weighted by molar-refractivity contribution is -0.144. The second kappa shape index (κ2) is 8.43. The molecule has 31 heavy (non-hydrogen) atoms. The monoisotopic (exact) mass is 486 g/mol. The Labute approximate surface area is 177 Å². The van der Waals surface area contributed by atoms with Gasteiger partial charge in [-0.3, -0.25) is 14.2 Å². The van der Waals surface area contributed by atoms with Crippen molar-refractivity contribution >= 4 is 27.7 Å². The number of hydrogen-bond acceptors (Lipinski definition) is 5. The Hall–Kier alpha value is -2.71. The van der Waals surface area contributed by atoms with Gasteiger partial charge in [-0.15, -0.1) is 0 Å². The van der Waals surface area contributed by atoms with Gasteiger partial charge in [-0.05, 0) is 17.7 Å². The van der Waals surface area contributed by atoms with Crippen molar-refractivity contribution < 1.29 is 30.8 Å². The molecule has 0 saturated heterocycles. The average molecular weight is 487 g/mol. The number of carbonyl (C=O) groups excluding carboxylic acids is 1. The molecule has 1 N–H and O–H groups in total. The van der Waals surface area contributed by atoms with Gasteiger partial charge in [0, 0.05) is 32.2 Å². The first-order valence-corrected chi connectivity index (χ1v) is 9.99. The normalized spacial score (nSPS) is 12.3. The first-order chi connectivity index (χ1) is 14.1. The fourth-order valence-corrected chi connectivity index (χ4v) is 3.21. The molecule has 2 aromatic rings. The van der Waals surface area contributed by atoms with Crippen LogP contribution >= 0.6 is 11.6 Å². The van der Waals surface area contributed by atoms with Gasteiger partial charge in [-0.2, -0.15) is 25.9 Å². The summed E-state index contributed by atoms with van der Waals surface area (Å²) in [4.78, 5) is 36.6. The molecule has 15 heteroatoms. The SMILES string of the molecule is CN(C)S(=O)(=O)NC(=O)Cc1cc(-n2c(=O)cc(C(F)(F)F)n(C)c2=O)c(F)cc1Cl. The van der Waals surface area contributed by atoms with Gasteiger partial charge in [0.15, 0.2) is 0 Å². The zero-order valence-electron chi connectivity index (χ0n) is 16.1. The summed E-state index contributed by atoms with van der Waals surface area (Å²) in [7, 11) is -1.08. The minimum atomic E-state index is -5.01. The fourth-order valence-electron chi connectivity index (χ4n) is 2.45. The second-order valence-electron chi connectivity index (χ2n) is 6.43. The van der Waals surface area contributed by atoms with E-state index in [1.54, 1.807) is 4.72 Å². The Bertz CT molecular complexity index is 1270. The van der Waals surface area contributed by atoms with Crippen molar-refractivity contribution in [1.29, 1.82) is 0 Å². The minimum Gasteiger partial charge on any atom is -0.292 e. The molecule has 0 atom stereocenters. The molecular formula is C16H15ClF4N4O5S. The fraction of sp³-hybridized carbons (Fsp3) is 0.312. The van der Waals surface area contributed by atoms with Crippen molar-refractivity contribution in [3.05, 3.63) is 61.1 Å². The molecule has 0 fully saturated rings. The van der Waals surface area contributed by atoms with Crippen LogP contribution in [-0.2, 0) is 34.6 Å². The van der Waals surface area contributed by atoms with E-state index in [1.165, 1.54) is 0 Å². The Balaban J connectivity index is 2.59. The lowest BCUT2D eigenvalue weighted by Crippen LogP contribution is -2.41. The molecule has 0 unspecified atom stereocenters. The van der Waals surface area contributed by atoms with E-state index in [1.807, 2.05) is 0 Å². The largest absolute Gasteiger partial charge is 0.431 e. The lowest BCUT2D eigenvalue weighted by atomic mass is 10.1. The predicted octanol–water partition coefficient (Wildman–Crippen LogP) is 0.813. The molecule has 170 valence electrons. The van der Waals surface area contributed by atoms with Gasteiger partial charge >= 0.3 is 22.1 Å². The summed E-state index contributed by atoms with van der Waals surface area (Å²) in [6.07, 6.45) is -5.71. The molecule has 1 aromatic heterocycles. The van der Waals surface area contributed by atoms with Crippen LogP contribution in [0.4, 0.5) is 17.6 Å². The standard InChI is InChI=1S/C16H15ClF4N4O5S/c1-23(2)31(29,30)22-13(26)5-8-4-11(10(18)6-9(8)17)25-14(27)7-12(16(19,20)21)24(3)15(25)28/h4,6-7H,5H2,1-3H3,(H,22,26). The summed E-state index contributed by atoms with van der Waals surface area (Å²) in [6.45, 7) is 0. The quantitative estimate of drug-likeness (QED) is 0.629. The highest BCUT2D eigenvalue weighted by molar-refractivity contribution is 7.87. The maximum atomic E-state index is 14.4. The van der Waals surface area contributed by atoms with E-state index in [9.17, 15) is 40.4 Å². The van der Waals surface area contributed by atoms with E-state index in [4.69, 9.17) is 11.6 Å². The minimum absolute atomic E-state index is 0.117. The van der Waals surface area contributed by atoms with Crippen molar-refractivity contribution in [2.45, 2.75) is 12.6 Å². The molecule has 1 amide bonds. The third-order valence-electron chi connectivity index (χ3n) is 4.04. The molecule has 0 aliphatic rings. The van der Waals surface area contributed by atoms with E-state index in [0.29, 0.717) is 10.4 Å². The van der Waals surface area contributed by atoms with Gasteiger partial charge in [0.1, 0.15) is 11.5 Å². The van der Waals surface area contributed by atoms with Crippen LogP contribution in [0.25, 0.3) is 5.69 Å². The Kier molecular flexibility index (Phi) is 6.68. The average Bonchev–Trinajstić information content (AvgIpc) is 2.60. The number of amides is 1. The van der Waals surface area contributed by atoms with E-state index in [-0.39, 0.29) is 25.8 Å². The first-order valence-electron chi connectivity index (χ1n) is 8.18. The van der Waals surface area contributed by atoms with Crippen molar-refractivity contribution in [2.75, 3.05) is 14.1 Å². The summed E-state index contributed by atoms with van der Waals surface area (Å²) < 4.78 is 79.5. The smallest absolute Gasteiger partial charge is 0.292 e. The van der Waals surface area contributed by atoms with Crippen LogP contribution in [0.1, 0.15) is 11.3 Å². The molecule has 1 heterocycles. The Morgan fingerprint density at radius 3 is 2.29 bits per heavy atom. The molecule has 0 bridgehead atoms. The van der Waals surface area contributed by atoms with E-state index < -0.39 is 57.2 Å². The number of aromatic nitrogens is 2. The third-order valence-corrected chi connectivity index (χ3v) is 5.84. The van der Waals surface area contributed by atoms with Crippen LogP contribution < -0.4 is 16.0 Å². The zero-order chi connectivity index (χ0) is 23.9. The van der Waals surface area contributed by atoms with Crippen LogP contribution in [-0.4, -0.2) is 41.9 Å². The highest BCUT2D eigenvalue weighted by Crippen LogP contribution is 2.27. The first kappa shape index (κ1) is 24.6. The van der Waals surface area contributed by atoms with Gasteiger partial charge in [0.25, 0.3) is 5.56 Å². The Morgan fingerprint density at radius 2 is 1.77 bits per heavy atom. The van der Waals surface area contributed by atoms with Crippen LogP contribution in [0, 0.1) is 5.82 Å². The van der Waals surface area contributed by atoms with E-state index in [2.05, 4.69) is 0 Å². The second-order valence-corrected chi connectivity index (χ2v) is 8.72. The summed E-state index contributed by atoms with van der Waals surface area (Å²) in [6, 6.07) is 1.56. The number of nitrogens with one attached hydrogen (secondary N) is 1. The molecule has 1 aromatic carbocycles. The summed E-state index contributed by atoms with van der Waals surface area (Å²) in [5.74, 6) is -2.30. The van der Waals surface area contributed by atoms with Gasteiger partial charge in [-0.1, -0.05) is 11.6 Å². The maximum Gasteiger partial charge on any atom is 0.431 e. The lowest BCUT2D eigenvalue weighted by Gasteiger charge is -2.16. The molecule has 0 aliphatic heterocycles. The van der Waals surface area contributed by atoms with Crippen LogP contribution in [0.15, 0.2) is 27.8 Å². The van der Waals surface area contributed by atoms with Crippen LogP contribution in [0.5, 0.6) is 0 Å². The predicted molar refractivity (Wildman–Crippen MR) is 102 cm³/mol. The Morgan fingerprint density at radius 1 is 1.19 bits per heavy atom. The third kappa shape index (κ3) is 5.14. The molecular weight excluding hydrogens is 472 g/mol. The van der Waals surface area contributed by atoms with E-state index >= 15 is 0 Å². The van der Waals surface area contributed by atoms with Crippen LogP contribution in [0.3, 0.4) is 0 Å². The van der Waals surface area contributed by atoms with Gasteiger partial charge in [-0.25, -0.2) is 18.5 Å². The van der Waals surface area contributed by atoms with Gasteiger partial charge in [0.2, 0.25) is 5.91 Å². The molecule has 0 saturated carbocycles. The van der Waals surface area contributed by atoms with Crippen molar-refractivity contribution in [1.82, 2.24) is 18.2 Å². The number of benzene rings is 1. The molecule has 2 rings (SSSR count). The summed E-state index contributed by atoms with van der Waals surface area (Å²) >= 11 is 5.86. The number of nitrogens with zero attached hydrogens (tertiary/aromatic N) is 3. The molecule has 0 aliphatic carbocycles. The highest BCUT2D eigenvalue weighted by atomic mass is 35.5. The maximum absolute atomic E-state index is 14.4. The molecule has 0 radical (unpaired) electrons. The molecule has 9 nitrogen and oxygen atoms in total.